The average molecular weight is 189 g/mol. The van der Waals surface area contributed by atoms with Crippen LogP contribution in [0.15, 0.2) is 0 Å². The zero-order chi connectivity index (χ0) is 10.4. The van der Waals surface area contributed by atoms with E-state index in [2.05, 4.69) is 19.2 Å². The van der Waals surface area contributed by atoms with Gasteiger partial charge >= 0.3 is 0 Å². The van der Waals surface area contributed by atoms with Crippen molar-refractivity contribution >= 4 is 0 Å². The fourth-order valence-electron chi connectivity index (χ4n) is 0.733. The first-order valence-corrected chi connectivity index (χ1v) is 5.44. The van der Waals surface area contributed by atoms with Gasteiger partial charge in [-0.25, -0.2) is 0 Å². The first kappa shape index (κ1) is 15.4. The van der Waals surface area contributed by atoms with E-state index < -0.39 is 0 Å². The smallest absolute Gasteiger partial charge is 0.00745 e. The van der Waals surface area contributed by atoms with Crippen LogP contribution in [0.5, 0.6) is 0 Å². The van der Waals surface area contributed by atoms with E-state index in [4.69, 9.17) is 11.5 Å². The van der Waals surface area contributed by atoms with Crippen molar-refractivity contribution in [1.82, 2.24) is 5.32 Å². The first-order chi connectivity index (χ1) is 6.33. The first-order valence-electron chi connectivity index (χ1n) is 5.44. The van der Waals surface area contributed by atoms with E-state index in [-0.39, 0.29) is 0 Å². The van der Waals surface area contributed by atoms with Gasteiger partial charge in [-0.2, -0.15) is 0 Å². The zero-order valence-corrected chi connectivity index (χ0v) is 9.31. The molecule has 0 saturated heterocycles. The van der Waals surface area contributed by atoms with Crippen molar-refractivity contribution in [2.75, 3.05) is 26.2 Å². The molecule has 0 spiro atoms. The molecule has 0 amide bonds. The van der Waals surface area contributed by atoms with Gasteiger partial charge in [0.2, 0.25) is 0 Å². The number of rotatable bonds is 7. The lowest BCUT2D eigenvalue weighted by atomic mass is 10.3. The third-order valence-corrected chi connectivity index (χ3v) is 1.59. The second kappa shape index (κ2) is 17.8. The molecule has 0 radical (unpaired) electrons. The number of hydrogen-bond acceptors (Lipinski definition) is 3. The molecule has 0 bridgehead atoms. The molecule has 82 valence electrons. The second-order valence-corrected chi connectivity index (χ2v) is 3.03. The van der Waals surface area contributed by atoms with Crippen LogP contribution in [0.4, 0.5) is 0 Å². The molecule has 0 atom stereocenters. The summed E-state index contributed by atoms with van der Waals surface area (Å²) in [6, 6.07) is 0. The normalized spacial score (nSPS) is 9.23. The monoisotopic (exact) mass is 189 g/mol. The number of nitrogens with one attached hydrogen (secondary N) is 1. The summed E-state index contributed by atoms with van der Waals surface area (Å²) in [7, 11) is 0. The van der Waals surface area contributed by atoms with E-state index in [0.29, 0.717) is 0 Å². The summed E-state index contributed by atoms with van der Waals surface area (Å²) in [5, 5.41) is 3.21. The molecular weight excluding hydrogens is 162 g/mol. The van der Waals surface area contributed by atoms with Crippen LogP contribution in [0.3, 0.4) is 0 Å². The van der Waals surface area contributed by atoms with Crippen molar-refractivity contribution in [3.8, 4) is 0 Å². The predicted octanol–water partition coefficient (Wildman–Crippen LogP) is 1.08. The quantitative estimate of drug-likeness (QED) is 0.525. The molecule has 0 aliphatic heterocycles. The Hall–Kier alpha value is -0.120. The molecule has 0 aromatic heterocycles. The lowest BCUT2D eigenvalue weighted by molar-refractivity contribution is 0.645. The van der Waals surface area contributed by atoms with Gasteiger partial charge < -0.3 is 16.8 Å². The van der Waals surface area contributed by atoms with Gasteiger partial charge in [0.25, 0.3) is 0 Å². The molecule has 5 N–H and O–H groups in total. The van der Waals surface area contributed by atoms with Crippen LogP contribution in [0.2, 0.25) is 0 Å². The summed E-state index contributed by atoms with van der Waals surface area (Å²) in [5.74, 6) is 0. The molecule has 0 fully saturated rings. The Balaban J connectivity index is 0. The largest absolute Gasteiger partial charge is 0.330 e. The minimum atomic E-state index is 0.754. The maximum Gasteiger partial charge on any atom is 0.00745 e. The second-order valence-electron chi connectivity index (χ2n) is 3.03. The number of unbranched alkanes of at least 4 members (excludes halogenated alkanes) is 2. The molecule has 0 aliphatic carbocycles. The molecule has 0 unspecified atom stereocenters. The molecule has 0 rings (SSSR count). The van der Waals surface area contributed by atoms with E-state index >= 15 is 0 Å². The molecular formula is C10H27N3. The van der Waals surface area contributed by atoms with Crippen molar-refractivity contribution in [3.63, 3.8) is 0 Å². The lowest BCUT2D eigenvalue weighted by Gasteiger charge is -1.98. The Kier molecular flexibility index (Phi) is 21.1. The molecule has 0 aromatic rings. The fraction of sp³-hybridized carbons (Fsp3) is 1.00. The van der Waals surface area contributed by atoms with Crippen LogP contribution in [0, 0.1) is 0 Å². The van der Waals surface area contributed by atoms with Gasteiger partial charge in [-0.3, -0.25) is 0 Å². The van der Waals surface area contributed by atoms with E-state index in [1.807, 2.05) is 0 Å². The van der Waals surface area contributed by atoms with Gasteiger partial charge in [-0.1, -0.05) is 26.7 Å². The van der Waals surface area contributed by atoms with Crippen LogP contribution in [-0.2, 0) is 0 Å². The van der Waals surface area contributed by atoms with Gasteiger partial charge in [-0.15, -0.1) is 0 Å². The van der Waals surface area contributed by atoms with Gasteiger partial charge in [-0.05, 0) is 25.9 Å². The van der Waals surface area contributed by atoms with Gasteiger partial charge in [0.15, 0.2) is 0 Å². The van der Waals surface area contributed by atoms with E-state index in [1.165, 1.54) is 25.7 Å². The Morgan fingerprint density at radius 3 is 1.77 bits per heavy atom. The molecule has 13 heavy (non-hydrogen) atoms. The van der Waals surface area contributed by atoms with E-state index in [9.17, 15) is 0 Å². The van der Waals surface area contributed by atoms with Crippen LogP contribution in [0.1, 0.15) is 39.5 Å². The van der Waals surface area contributed by atoms with Crippen molar-refractivity contribution < 1.29 is 0 Å². The molecule has 0 aliphatic rings. The number of hydrogen-bond donors (Lipinski definition) is 3. The summed E-state index contributed by atoms with van der Waals surface area (Å²) < 4.78 is 0. The summed E-state index contributed by atoms with van der Waals surface area (Å²) in [6.45, 7) is 7.99. The third-order valence-electron chi connectivity index (χ3n) is 1.59. The standard InChI is InChI=1S/C6H16N2.C4H11N/c1-2-3-5-8-6-4-7;1-2-3-4-5/h8H,2-7H2,1H3;2-5H2,1H3. The Labute approximate surface area is 83.3 Å². The van der Waals surface area contributed by atoms with E-state index in [1.54, 1.807) is 0 Å². The summed E-state index contributed by atoms with van der Waals surface area (Å²) >= 11 is 0. The predicted molar refractivity (Wildman–Crippen MR) is 60.8 cm³/mol. The third kappa shape index (κ3) is 24.5. The van der Waals surface area contributed by atoms with Gasteiger partial charge in [0.05, 0.1) is 0 Å². The Morgan fingerprint density at radius 2 is 1.46 bits per heavy atom. The molecule has 3 nitrogen and oxygen atoms in total. The average Bonchev–Trinajstić information content (AvgIpc) is 2.15. The van der Waals surface area contributed by atoms with Gasteiger partial charge in [0.1, 0.15) is 0 Å². The van der Waals surface area contributed by atoms with Crippen molar-refractivity contribution in [2.45, 2.75) is 39.5 Å². The molecule has 0 heterocycles. The van der Waals surface area contributed by atoms with Crippen LogP contribution >= 0.6 is 0 Å². The summed E-state index contributed by atoms with van der Waals surface area (Å²) in [6.07, 6.45) is 4.91. The van der Waals surface area contributed by atoms with Crippen molar-refractivity contribution in [3.05, 3.63) is 0 Å². The van der Waals surface area contributed by atoms with Crippen LogP contribution < -0.4 is 16.8 Å². The summed E-state index contributed by atoms with van der Waals surface area (Å²) in [5.41, 5.74) is 10.4. The van der Waals surface area contributed by atoms with Crippen molar-refractivity contribution in [1.29, 1.82) is 0 Å². The van der Waals surface area contributed by atoms with Crippen LogP contribution in [-0.4, -0.2) is 26.2 Å². The highest BCUT2D eigenvalue weighted by atomic mass is 14.9. The highest BCUT2D eigenvalue weighted by Crippen LogP contribution is 1.80. The van der Waals surface area contributed by atoms with Crippen LogP contribution in [0.25, 0.3) is 0 Å². The lowest BCUT2D eigenvalue weighted by Crippen LogP contribution is -2.23. The maximum absolute atomic E-state index is 5.25. The van der Waals surface area contributed by atoms with Crippen molar-refractivity contribution in [2.24, 2.45) is 11.5 Å². The highest BCUT2D eigenvalue weighted by Gasteiger charge is 1.80. The molecule has 0 saturated carbocycles. The summed E-state index contributed by atoms with van der Waals surface area (Å²) in [4.78, 5) is 0. The molecule has 3 heteroatoms. The van der Waals surface area contributed by atoms with Gasteiger partial charge in [0, 0.05) is 13.1 Å². The SMILES string of the molecule is CCCCN.CCCCNCCN. The minimum absolute atomic E-state index is 0.754. The number of nitrogens with two attached hydrogens (primary N) is 2. The minimum Gasteiger partial charge on any atom is -0.330 e. The van der Waals surface area contributed by atoms with E-state index in [0.717, 1.165) is 26.2 Å². The topological polar surface area (TPSA) is 64.1 Å². The highest BCUT2D eigenvalue weighted by molar-refractivity contribution is 4.45. The Morgan fingerprint density at radius 1 is 0.846 bits per heavy atom. The Bertz CT molecular complexity index is 59.2. The molecule has 0 aromatic carbocycles. The maximum atomic E-state index is 5.25. The zero-order valence-electron chi connectivity index (χ0n) is 9.31. The fourth-order valence-corrected chi connectivity index (χ4v) is 0.733.